The molecule has 18 heavy (non-hydrogen) atoms. The first kappa shape index (κ1) is 13.2. The molecule has 2 aromatic rings. The molecule has 0 aliphatic carbocycles. The Kier molecular flexibility index (Phi) is 4.15. The number of benzene rings is 1. The smallest absolute Gasteiger partial charge is 0.123 e. The van der Waals surface area contributed by atoms with E-state index in [1.54, 1.807) is 17.4 Å². The predicted molar refractivity (Wildman–Crippen MR) is 75.7 cm³/mol. The summed E-state index contributed by atoms with van der Waals surface area (Å²) in [6, 6.07) is 7.20. The van der Waals surface area contributed by atoms with Crippen LogP contribution in [0.3, 0.4) is 0 Å². The summed E-state index contributed by atoms with van der Waals surface area (Å²) in [4.78, 5) is 1.28. The van der Waals surface area contributed by atoms with Crippen LogP contribution in [0.2, 0.25) is 0 Å². The molecule has 1 aromatic carbocycles. The topological polar surface area (TPSA) is 12.0 Å². The lowest BCUT2D eigenvalue weighted by atomic mass is 9.95. The van der Waals surface area contributed by atoms with Crippen molar-refractivity contribution in [2.75, 3.05) is 6.54 Å². The van der Waals surface area contributed by atoms with E-state index in [1.807, 2.05) is 13.0 Å². The summed E-state index contributed by atoms with van der Waals surface area (Å²) >= 11 is 1.73. The van der Waals surface area contributed by atoms with Gasteiger partial charge in [0, 0.05) is 4.88 Å². The van der Waals surface area contributed by atoms with Gasteiger partial charge in [0.05, 0.1) is 6.04 Å². The molecule has 0 radical (unpaired) electrons. The quantitative estimate of drug-likeness (QED) is 0.871. The minimum atomic E-state index is -0.175. The second-order valence-corrected chi connectivity index (χ2v) is 5.54. The van der Waals surface area contributed by atoms with Crippen molar-refractivity contribution in [1.82, 2.24) is 5.32 Å². The summed E-state index contributed by atoms with van der Waals surface area (Å²) in [5.74, 6) is -0.175. The molecule has 0 aliphatic rings. The van der Waals surface area contributed by atoms with Crippen LogP contribution in [0.25, 0.3) is 0 Å². The number of halogens is 1. The fraction of sp³-hybridized carbons (Fsp3) is 0.333. The summed E-state index contributed by atoms with van der Waals surface area (Å²) in [7, 11) is 0. The fourth-order valence-corrected chi connectivity index (χ4v) is 2.95. The Labute approximate surface area is 112 Å². The van der Waals surface area contributed by atoms with Gasteiger partial charge in [-0.3, -0.25) is 0 Å². The molecule has 1 unspecified atom stereocenters. The fourth-order valence-electron chi connectivity index (χ4n) is 2.21. The van der Waals surface area contributed by atoms with Gasteiger partial charge in [-0.05, 0) is 60.7 Å². The highest BCUT2D eigenvalue weighted by molar-refractivity contribution is 7.10. The zero-order chi connectivity index (χ0) is 13.1. The van der Waals surface area contributed by atoms with Crippen LogP contribution < -0.4 is 5.32 Å². The van der Waals surface area contributed by atoms with Crippen molar-refractivity contribution in [1.29, 1.82) is 0 Å². The molecule has 1 atom stereocenters. The molecule has 1 heterocycles. The SMILES string of the molecule is CCNC(c1cc(F)ccc1C)c1ccsc1C. The van der Waals surface area contributed by atoms with E-state index < -0.39 is 0 Å². The first-order chi connectivity index (χ1) is 8.63. The average molecular weight is 263 g/mol. The molecule has 0 saturated heterocycles. The van der Waals surface area contributed by atoms with E-state index in [0.717, 1.165) is 17.7 Å². The van der Waals surface area contributed by atoms with E-state index in [9.17, 15) is 4.39 Å². The van der Waals surface area contributed by atoms with Crippen molar-refractivity contribution in [3.8, 4) is 0 Å². The van der Waals surface area contributed by atoms with Crippen molar-refractivity contribution in [2.24, 2.45) is 0 Å². The lowest BCUT2D eigenvalue weighted by Gasteiger charge is -2.20. The van der Waals surface area contributed by atoms with Crippen molar-refractivity contribution < 1.29 is 4.39 Å². The molecule has 0 amide bonds. The Morgan fingerprint density at radius 1 is 1.22 bits per heavy atom. The lowest BCUT2D eigenvalue weighted by molar-refractivity contribution is 0.600. The van der Waals surface area contributed by atoms with Crippen LogP contribution in [-0.2, 0) is 0 Å². The Morgan fingerprint density at radius 3 is 2.61 bits per heavy atom. The maximum absolute atomic E-state index is 13.5. The van der Waals surface area contributed by atoms with Gasteiger partial charge in [-0.2, -0.15) is 0 Å². The van der Waals surface area contributed by atoms with Crippen LogP contribution in [0.5, 0.6) is 0 Å². The van der Waals surface area contributed by atoms with E-state index in [2.05, 4.69) is 30.6 Å². The monoisotopic (exact) mass is 263 g/mol. The number of thiophene rings is 1. The Morgan fingerprint density at radius 2 is 2.00 bits per heavy atom. The summed E-state index contributed by atoms with van der Waals surface area (Å²) < 4.78 is 13.5. The Balaban J connectivity index is 2.48. The predicted octanol–water partition coefficient (Wildman–Crippen LogP) is 4.20. The molecular weight excluding hydrogens is 245 g/mol. The van der Waals surface area contributed by atoms with E-state index in [4.69, 9.17) is 0 Å². The van der Waals surface area contributed by atoms with Crippen LogP contribution in [0.1, 0.15) is 34.5 Å². The molecule has 3 heteroatoms. The number of rotatable bonds is 4. The van der Waals surface area contributed by atoms with E-state index >= 15 is 0 Å². The van der Waals surface area contributed by atoms with Gasteiger partial charge >= 0.3 is 0 Å². The second-order valence-electron chi connectivity index (χ2n) is 4.42. The number of hydrogen-bond donors (Lipinski definition) is 1. The van der Waals surface area contributed by atoms with E-state index in [0.29, 0.717) is 0 Å². The molecule has 1 N–H and O–H groups in total. The third-order valence-electron chi connectivity index (χ3n) is 3.17. The molecule has 0 fully saturated rings. The highest BCUT2D eigenvalue weighted by atomic mass is 32.1. The maximum atomic E-state index is 13.5. The minimum absolute atomic E-state index is 0.0805. The molecule has 0 aliphatic heterocycles. The summed E-state index contributed by atoms with van der Waals surface area (Å²) in [5, 5.41) is 5.54. The minimum Gasteiger partial charge on any atom is -0.306 e. The van der Waals surface area contributed by atoms with E-state index in [1.165, 1.54) is 16.5 Å². The number of nitrogens with one attached hydrogen (secondary N) is 1. The summed E-state index contributed by atoms with van der Waals surface area (Å²) in [5.41, 5.74) is 3.39. The van der Waals surface area contributed by atoms with Crippen LogP contribution in [-0.4, -0.2) is 6.54 Å². The zero-order valence-corrected chi connectivity index (χ0v) is 11.8. The largest absolute Gasteiger partial charge is 0.306 e. The van der Waals surface area contributed by atoms with Crippen LogP contribution in [0.15, 0.2) is 29.6 Å². The van der Waals surface area contributed by atoms with Gasteiger partial charge in [0.25, 0.3) is 0 Å². The normalized spacial score (nSPS) is 12.7. The zero-order valence-electron chi connectivity index (χ0n) is 11.0. The Hall–Kier alpha value is -1.19. The summed E-state index contributed by atoms with van der Waals surface area (Å²) in [6.07, 6.45) is 0. The molecule has 2 rings (SSSR count). The first-order valence-corrected chi connectivity index (χ1v) is 7.05. The molecule has 0 saturated carbocycles. The van der Waals surface area contributed by atoms with Crippen molar-refractivity contribution >= 4 is 11.3 Å². The average Bonchev–Trinajstić information content (AvgIpc) is 2.76. The second kappa shape index (κ2) is 5.63. The molecule has 96 valence electrons. The van der Waals surface area contributed by atoms with Gasteiger partial charge in [-0.1, -0.05) is 13.0 Å². The van der Waals surface area contributed by atoms with Crippen molar-refractivity contribution in [2.45, 2.75) is 26.8 Å². The van der Waals surface area contributed by atoms with Gasteiger partial charge in [-0.15, -0.1) is 11.3 Å². The molecule has 1 aromatic heterocycles. The molecule has 0 spiro atoms. The number of aryl methyl sites for hydroxylation is 2. The highest BCUT2D eigenvalue weighted by Crippen LogP contribution is 2.30. The van der Waals surface area contributed by atoms with Crippen molar-refractivity contribution in [3.05, 3.63) is 57.0 Å². The van der Waals surface area contributed by atoms with Crippen LogP contribution >= 0.6 is 11.3 Å². The van der Waals surface area contributed by atoms with E-state index in [-0.39, 0.29) is 11.9 Å². The van der Waals surface area contributed by atoms with Gasteiger partial charge in [0.15, 0.2) is 0 Å². The third-order valence-corrected chi connectivity index (χ3v) is 4.03. The standard InChI is InChI=1S/C15H18FNS/c1-4-17-15(13-7-8-18-11(13)3)14-9-12(16)6-5-10(14)2/h5-9,15,17H,4H2,1-3H3. The third kappa shape index (κ3) is 2.62. The Bertz CT molecular complexity index is 533. The first-order valence-electron chi connectivity index (χ1n) is 6.17. The van der Waals surface area contributed by atoms with Gasteiger partial charge in [0.1, 0.15) is 5.82 Å². The highest BCUT2D eigenvalue weighted by Gasteiger charge is 2.18. The van der Waals surface area contributed by atoms with Gasteiger partial charge < -0.3 is 5.32 Å². The maximum Gasteiger partial charge on any atom is 0.123 e. The lowest BCUT2D eigenvalue weighted by Crippen LogP contribution is -2.23. The van der Waals surface area contributed by atoms with Gasteiger partial charge in [0.2, 0.25) is 0 Å². The van der Waals surface area contributed by atoms with Gasteiger partial charge in [-0.25, -0.2) is 4.39 Å². The molecule has 0 bridgehead atoms. The summed E-state index contributed by atoms with van der Waals surface area (Å²) in [6.45, 7) is 7.07. The van der Waals surface area contributed by atoms with Crippen molar-refractivity contribution in [3.63, 3.8) is 0 Å². The molecular formula is C15H18FNS. The molecule has 1 nitrogen and oxygen atoms in total. The van der Waals surface area contributed by atoms with Crippen LogP contribution in [0, 0.1) is 19.7 Å². The number of hydrogen-bond acceptors (Lipinski definition) is 2. The van der Waals surface area contributed by atoms with Crippen LogP contribution in [0.4, 0.5) is 4.39 Å².